The van der Waals surface area contributed by atoms with Crippen LogP contribution in [-0.4, -0.2) is 40.2 Å². The number of anilines is 1. The molecule has 1 heterocycles. The third kappa shape index (κ3) is 4.71. The Morgan fingerprint density at radius 3 is 2.31 bits per heavy atom. The summed E-state index contributed by atoms with van der Waals surface area (Å²) in [5.41, 5.74) is 1.53. The Morgan fingerprint density at radius 1 is 1.06 bits per heavy atom. The van der Waals surface area contributed by atoms with E-state index in [1.165, 1.54) is 54.1 Å². The van der Waals surface area contributed by atoms with E-state index in [-0.39, 0.29) is 17.0 Å². The molecule has 0 radical (unpaired) electrons. The van der Waals surface area contributed by atoms with E-state index < -0.39 is 15.9 Å². The van der Waals surface area contributed by atoms with Crippen LogP contribution in [0.15, 0.2) is 76.6 Å². The van der Waals surface area contributed by atoms with Crippen molar-refractivity contribution < 1.29 is 22.7 Å². The van der Waals surface area contributed by atoms with Crippen LogP contribution in [-0.2, 0) is 16.6 Å². The molecule has 1 aromatic heterocycles. The highest BCUT2D eigenvalue weighted by molar-refractivity contribution is 7.92. The van der Waals surface area contributed by atoms with Crippen LogP contribution in [0.3, 0.4) is 0 Å². The van der Waals surface area contributed by atoms with Crippen molar-refractivity contribution in [2.45, 2.75) is 11.4 Å². The topological polar surface area (TPSA) is 90.2 Å². The maximum Gasteiger partial charge on any atom is 0.279 e. The number of benzene rings is 3. The van der Waals surface area contributed by atoms with E-state index in [0.29, 0.717) is 22.0 Å². The Kier molecular flexibility index (Phi) is 7.15. The molecule has 0 spiro atoms. The van der Waals surface area contributed by atoms with Crippen LogP contribution < -0.4 is 18.6 Å². The van der Waals surface area contributed by atoms with Gasteiger partial charge in [0.1, 0.15) is 0 Å². The molecule has 1 amide bonds. The minimum Gasteiger partial charge on any atom is -0.493 e. The predicted molar refractivity (Wildman–Crippen MR) is 140 cm³/mol. The molecule has 0 unspecified atom stereocenters. The average Bonchev–Trinajstić information content (AvgIpc) is 3.23. The molecule has 10 heteroatoms. The molecule has 4 aromatic rings. The fourth-order valence-electron chi connectivity index (χ4n) is 3.58. The number of hydrogen-bond acceptors (Lipinski definition) is 6. The number of para-hydroxylation sites is 1. The summed E-state index contributed by atoms with van der Waals surface area (Å²) in [7, 11) is 0.771. The van der Waals surface area contributed by atoms with Gasteiger partial charge >= 0.3 is 0 Å². The lowest BCUT2D eigenvalue weighted by Crippen LogP contribution is -2.26. The smallest absolute Gasteiger partial charge is 0.279 e. The largest absolute Gasteiger partial charge is 0.493 e. The van der Waals surface area contributed by atoms with Gasteiger partial charge in [-0.3, -0.25) is 9.10 Å². The van der Waals surface area contributed by atoms with Gasteiger partial charge in [-0.15, -0.1) is 6.42 Å². The third-order valence-electron chi connectivity index (χ3n) is 5.51. The van der Waals surface area contributed by atoms with E-state index in [1.54, 1.807) is 48.1 Å². The summed E-state index contributed by atoms with van der Waals surface area (Å²) in [6, 6.07) is 18.0. The Labute approximate surface area is 213 Å². The van der Waals surface area contributed by atoms with Crippen LogP contribution in [0.2, 0.25) is 0 Å². The van der Waals surface area contributed by atoms with Gasteiger partial charge < -0.3 is 14.0 Å². The van der Waals surface area contributed by atoms with E-state index in [4.69, 9.17) is 15.9 Å². The first-order valence-electron chi connectivity index (χ1n) is 10.7. The van der Waals surface area contributed by atoms with E-state index in [9.17, 15) is 13.2 Å². The monoisotopic (exact) mass is 521 g/mol. The van der Waals surface area contributed by atoms with Crippen molar-refractivity contribution in [2.24, 2.45) is 4.99 Å². The molecule has 0 aliphatic rings. The first-order chi connectivity index (χ1) is 17.3. The summed E-state index contributed by atoms with van der Waals surface area (Å²) < 4.78 is 40.5. The molecule has 0 N–H and O–H groups in total. The van der Waals surface area contributed by atoms with Gasteiger partial charge in [0.25, 0.3) is 15.9 Å². The van der Waals surface area contributed by atoms with Crippen molar-refractivity contribution in [3.8, 4) is 23.8 Å². The molecule has 3 aromatic carbocycles. The number of sulfonamides is 1. The van der Waals surface area contributed by atoms with Crippen molar-refractivity contribution in [3.05, 3.63) is 77.1 Å². The number of methoxy groups -OCH3 is 2. The van der Waals surface area contributed by atoms with Crippen LogP contribution in [0.25, 0.3) is 10.2 Å². The first kappa shape index (κ1) is 25.0. The molecule has 4 rings (SSSR count). The normalized spacial score (nSPS) is 11.8. The standard InChI is InChI=1S/C26H23N3O5S2/c1-5-15-29-21-16-22(33-3)23(34-4)17-24(21)35-26(29)27-25(30)18-11-13-20(14-12-18)36(31,32)28(2)19-9-7-6-8-10-19/h1,6-14,16-17H,15H2,2-4H3. The highest BCUT2D eigenvalue weighted by atomic mass is 32.2. The number of nitrogens with zero attached hydrogens (tertiary/aromatic N) is 3. The zero-order chi connectivity index (χ0) is 25.9. The van der Waals surface area contributed by atoms with Crippen LogP contribution >= 0.6 is 11.3 Å². The molecule has 0 atom stereocenters. The molecule has 0 saturated carbocycles. The summed E-state index contributed by atoms with van der Waals surface area (Å²) in [4.78, 5) is 17.7. The third-order valence-corrected chi connectivity index (χ3v) is 8.36. The number of ether oxygens (including phenoxy) is 2. The number of amides is 1. The zero-order valence-electron chi connectivity index (χ0n) is 19.8. The van der Waals surface area contributed by atoms with E-state index in [1.807, 2.05) is 6.07 Å². The Bertz CT molecular complexity index is 1630. The second kappa shape index (κ2) is 10.3. The highest BCUT2D eigenvalue weighted by Gasteiger charge is 2.21. The summed E-state index contributed by atoms with van der Waals surface area (Å²) >= 11 is 1.29. The van der Waals surface area contributed by atoms with Crippen LogP contribution in [0.1, 0.15) is 10.4 Å². The van der Waals surface area contributed by atoms with Gasteiger partial charge in [-0.05, 0) is 36.4 Å². The molecule has 0 aliphatic carbocycles. The fraction of sp³-hybridized carbons (Fsp3) is 0.154. The molecule has 0 saturated heterocycles. The number of terminal acetylenes is 1. The second-order valence-corrected chi connectivity index (χ2v) is 10.6. The van der Waals surface area contributed by atoms with Gasteiger partial charge in [0, 0.05) is 24.7 Å². The predicted octanol–water partition coefficient (Wildman–Crippen LogP) is 3.92. The summed E-state index contributed by atoms with van der Waals surface area (Å²) in [6.45, 7) is 0.199. The van der Waals surface area contributed by atoms with E-state index in [0.717, 1.165) is 10.2 Å². The molecule has 0 bridgehead atoms. The molecular weight excluding hydrogens is 498 g/mol. The molecule has 184 valence electrons. The summed E-state index contributed by atoms with van der Waals surface area (Å²) in [5, 5.41) is 0. The maximum atomic E-state index is 13.0. The van der Waals surface area contributed by atoms with Crippen molar-refractivity contribution >= 4 is 43.2 Å². The number of hydrogen-bond donors (Lipinski definition) is 0. The number of rotatable bonds is 7. The lowest BCUT2D eigenvalue weighted by atomic mass is 10.2. The van der Waals surface area contributed by atoms with Gasteiger partial charge in [-0.25, -0.2) is 8.42 Å². The van der Waals surface area contributed by atoms with E-state index >= 15 is 0 Å². The summed E-state index contributed by atoms with van der Waals surface area (Å²) in [6.07, 6.45) is 5.56. The minimum absolute atomic E-state index is 0.0638. The van der Waals surface area contributed by atoms with Gasteiger partial charge in [0.2, 0.25) is 0 Å². The number of carbonyl (C=O) groups excluding carboxylic acids is 1. The SMILES string of the molecule is C#CCn1c(=NC(=O)c2ccc(S(=O)(=O)N(C)c3ccccc3)cc2)sc2cc(OC)c(OC)cc21. The molecule has 0 aliphatic heterocycles. The number of fused-ring (bicyclic) bond motifs is 1. The van der Waals surface area contributed by atoms with Crippen LogP contribution in [0.4, 0.5) is 5.69 Å². The average molecular weight is 522 g/mol. The van der Waals surface area contributed by atoms with E-state index in [2.05, 4.69) is 10.9 Å². The number of carbonyl (C=O) groups is 1. The lowest BCUT2D eigenvalue weighted by Gasteiger charge is -2.19. The van der Waals surface area contributed by atoms with Gasteiger partial charge in [0.15, 0.2) is 16.3 Å². The molecule has 8 nitrogen and oxygen atoms in total. The Balaban J connectivity index is 1.69. The number of aromatic nitrogens is 1. The second-order valence-electron chi connectivity index (χ2n) is 7.60. The lowest BCUT2D eigenvalue weighted by molar-refractivity contribution is 0.0998. The van der Waals surface area contributed by atoms with Gasteiger partial charge in [-0.2, -0.15) is 4.99 Å². The summed E-state index contributed by atoms with van der Waals surface area (Å²) in [5.74, 6) is 3.14. The van der Waals surface area contributed by atoms with Crippen molar-refractivity contribution in [1.82, 2.24) is 4.57 Å². The Hall–Kier alpha value is -4.07. The van der Waals surface area contributed by atoms with Crippen LogP contribution in [0, 0.1) is 12.3 Å². The number of thiazole rings is 1. The maximum absolute atomic E-state index is 13.0. The quantitative estimate of drug-likeness (QED) is 0.344. The van der Waals surface area contributed by atoms with Gasteiger partial charge in [0.05, 0.1) is 41.6 Å². The van der Waals surface area contributed by atoms with Crippen molar-refractivity contribution in [2.75, 3.05) is 25.6 Å². The highest BCUT2D eigenvalue weighted by Crippen LogP contribution is 2.33. The van der Waals surface area contributed by atoms with Crippen molar-refractivity contribution in [3.63, 3.8) is 0 Å². The van der Waals surface area contributed by atoms with Crippen molar-refractivity contribution in [1.29, 1.82) is 0 Å². The first-order valence-corrected chi connectivity index (χ1v) is 13.0. The minimum atomic E-state index is -3.79. The molecular formula is C26H23N3O5S2. The van der Waals surface area contributed by atoms with Crippen LogP contribution in [0.5, 0.6) is 11.5 Å². The molecule has 36 heavy (non-hydrogen) atoms. The molecule has 0 fully saturated rings. The van der Waals surface area contributed by atoms with Gasteiger partial charge in [-0.1, -0.05) is 35.5 Å². The zero-order valence-corrected chi connectivity index (χ0v) is 21.5. The Morgan fingerprint density at radius 2 is 1.69 bits per heavy atom. The fourth-order valence-corrected chi connectivity index (χ4v) is 5.82.